The quantitative estimate of drug-likeness (QED) is 0.261. The number of aromatic nitrogens is 2. The molecule has 0 amide bonds. The number of hydrogen-bond donors (Lipinski definition) is 2. The van der Waals surface area contributed by atoms with Crippen molar-refractivity contribution in [1.82, 2.24) is 9.97 Å². The van der Waals surface area contributed by atoms with Crippen LogP contribution in [0.5, 0.6) is 11.5 Å². The molecular formula is C32H27FN4O5. The summed E-state index contributed by atoms with van der Waals surface area (Å²) >= 11 is 0. The molecule has 2 N–H and O–H groups in total. The minimum atomic E-state index is -1.09. The lowest BCUT2D eigenvalue weighted by Gasteiger charge is -2.23. The Morgan fingerprint density at radius 3 is 2.69 bits per heavy atom. The number of methoxy groups -OCH3 is 2. The van der Waals surface area contributed by atoms with Gasteiger partial charge in [0.25, 0.3) is 0 Å². The minimum Gasteiger partial charge on any atom is -0.496 e. The summed E-state index contributed by atoms with van der Waals surface area (Å²) in [5.74, 6) is 0.113. The molecule has 10 heteroatoms. The third-order valence-corrected chi connectivity index (χ3v) is 7.37. The van der Waals surface area contributed by atoms with E-state index in [0.717, 1.165) is 28.0 Å². The van der Waals surface area contributed by atoms with E-state index in [1.807, 2.05) is 13.0 Å². The first-order valence-electron chi connectivity index (χ1n) is 13.3. The summed E-state index contributed by atoms with van der Waals surface area (Å²) in [4.78, 5) is 25.7. The Labute approximate surface area is 241 Å². The van der Waals surface area contributed by atoms with Crippen LogP contribution >= 0.6 is 0 Å². The van der Waals surface area contributed by atoms with Crippen molar-refractivity contribution in [3.05, 3.63) is 112 Å². The van der Waals surface area contributed by atoms with Crippen LogP contribution in [0.4, 0.5) is 16.0 Å². The van der Waals surface area contributed by atoms with Crippen LogP contribution in [0.2, 0.25) is 0 Å². The van der Waals surface area contributed by atoms with Crippen molar-refractivity contribution in [2.75, 3.05) is 19.5 Å². The van der Waals surface area contributed by atoms with Gasteiger partial charge in [-0.25, -0.2) is 19.2 Å². The summed E-state index contributed by atoms with van der Waals surface area (Å²) in [5, 5.41) is 12.6. The topological polar surface area (TPSA) is 119 Å². The molecule has 2 aromatic carbocycles. The van der Waals surface area contributed by atoms with Crippen molar-refractivity contribution in [3.8, 4) is 11.5 Å². The Hall–Kier alpha value is -5.25. The number of nitrogens with zero attached hydrogens (tertiary/aromatic N) is 3. The highest BCUT2D eigenvalue weighted by atomic mass is 19.1. The first-order valence-corrected chi connectivity index (χ1v) is 13.3. The molecule has 42 heavy (non-hydrogen) atoms. The smallest absolute Gasteiger partial charge is 0.339 e. The van der Waals surface area contributed by atoms with E-state index < -0.39 is 11.8 Å². The fraction of sp³-hybridized carbons (Fsp3) is 0.188. The summed E-state index contributed by atoms with van der Waals surface area (Å²) in [5.41, 5.74) is 5.33. The molecule has 3 heterocycles. The molecule has 0 spiro atoms. The van der Waals surface area contributed by atoms with Crippen LogP contribution in [-0.2, 0) is 6.54 Å². The molecule has 2 aliphatic rings. The predicted molar refractivity (Wildman–Crippen MR) is 155 cm³/mol. The SMILES string of the molecule is COc1cc(Nc2ncc3c(n2)C2=CCC(c4occc4C)C=C2C(c2c(F)cccc2OC)=NC3)ccc1C(=O)O. The number of carboxylic acids is 1. The van der Waals surface area contributed by atoms with Gasteiger partial charge in [0, 0.05) is 40.6 Å². The lowest BCUT2D eigenvalue weighted by atomic mass is 9.82. The van der Waals surface area contributed by atoms with Crippen LogP contribution in [-0.4, -0.2) is 41.0 Å². The largest absolute Gasteiger partial charge is 0.496 e. The molecule has 4 aromatic rings. The maximum Gasteiger partial charge on any atom is 0.339 e. The van der Waals surface area contributed by atoms with E-state index in [-0.39, 0.29) is 29.3 Å². The number of furan rings is 1. The third kappa shape index (κ3) is 4.81. The molecule has 0 radical (unpaired) electrons. The van der Waals surface area contributed by atoms with Crippen LogP contribution in [0.25, 0.3) is 5.57 Å². The molecule has 1 unspecified atom stereocenters. The Kier molecular flexibility index (Phi) is 7.03. The number of aryl methyl sites for hydroxylation is 1. The van der Waals surface area contributed by atoms with Gasteiger partial charge in [-0.15, -0.1) is 0 Å². The van der Waals surface area contributed by atoms with Crippen molar-refractivity contribution in [3.63, 3.8) is 0 Å². The average Bonchev–Trinajstić information content (AvgIpc) is 3.36. The first kappa shape index (κ1) is 26.9. The van der Waals surface area contributed by atoms with Crippen molar-refractivity contribution in [2.45, 2.75) is 25.8 Å². The van der Waals surface area contributed by atoms with Crippen molar-refractivity contribution in [2.24, 2.45) is 4.99 Å². The van der Waals surface area contributed by atoms with Gasteiger partial charge in [0.05, 0.1) is 44.0 Å². The Morgan fingerprint density at radius 1 is 1.12 bits per heavy atom. The minimum absolute atomic E-state index is 0.0441. The number of allylic oxidation sites excluding steroid dienone is 4. The van der Waals surface area contributed by atoms with Gasteiger partial charge in [-0.05, 0) is 49.2 Å². The number of anilines is 2. The molecule has 212 valence electrons. The predicted octanol–water partition coefficient (Wildman–Crippen LogP) is 6.48. The number of halogens is 1. The van der Waals surface area contributed by atoms with Crippen molar-refractivity contribution >= 4 is 28.9 Å². The number of benzene rings is 2. The van der Waals surface area contributed by atoms with E-state index in [1.165, 1.54) is 26.4 Å². The normalized spacial score (nSPS) is 15.8. The van der Waals surface area contributed by atoms with Gasteiger partial charge in [0.2, 0.25) is 5.95 Å². The number of aliphatic imine (C=N–C) groups is 1. The van der Waals surface area contributed by atoms with E-state index in [4.69, 9.17) is 23.9 Å². The monoisotopic (exact) mass is 566 g/mol. The molecule has 9 nitrogen and oxygen atoms in total. The van der Waals surface area contributed by atoms with E-state index in [0.29, 0.717) is 35.2 Å². The van der Waals surface area contributed by atoms with Gasteiger partial charge in [-0.1, -0.05) is 18.2 Å². The Balaban J connectivity index is 1.44. The van der Waals surface area contributed by atoms with Gasteiger partial charge < -0.3 is 24.3 Å². The number of aromatic carboxylic acids is 1. The maximum absolute atomic E-state index is 15.4. The lowest BCUT2D eigenvalue weighted by Crippen LogP contribution is -2.15. The molecule has 1 aliphatic carbocycles. The number of rotatable bonds is 7. The van der Waals surface area contributed by atoms with Crippen LogP contribution in [0.3, 0.4) is 0 Å². The average molecular weight is 567 g/mol. The number of ether oxygens (including phenoxy) is 2. The second-order valence-corrected chi connectivity index (χ2v) is 9.90. The fourth-order valence-electron chi connectivity index (χ4n) is 5.35. The third-order valence-electron chi connectivity index (χ3n) is 7.37. The number of carbonyl (C=O) groups is 1. The van der Waals surface area contributed by atoms with E-state index in [1.54, 1.807) is 36.7 Å². The van der Waals surface area contributed by atoms with E-state index in [9.17, 15) is 9.90 Å². The highest BCUT2D eigenvalue weighted by Crippen LogP contribution is 2.42. The van der Waals surface area contributed by atoms with Gasteiger partial charge >= 0.3 is 5.97 Å². The first-order chi connectivity index (χ1) is 20.4. The van der Waals surface area contributed by atoms with Crippen LogP contribution in [0.1, 0.15) is 50.8 Å². The zero-order valence-electron chi connectivity index (χ0n) is 23.1. The molecule has 0 bridgehead atoms. The molecule has 0 saturated carbocycles. The van der Waals surface area contributed by atoms with Crippen molar-refractivity contribution < 1.29 is 28.2 Å². The van der Waals surface area contributed by atoms with Crippen LogP contribution in [0.15, 0.2) is 82.1 Å². The second-order valence-electron chi connectivity index (χ2n) is 9.90. The van der Waals surface area contributed by atoms with Gasteiger partial charge in [0.1, 0.15) is 28.6 Å². The van der Waals surface area contributed by atoms with Crippen LogP contribution < -0.4 is 14.8 Å². The fourth-order valence-corrected chi connectivity index (χ4v) is 5.35. The zero-order chi connectivity index (χ0) is 29.4. The van der Waals surface area contributed by atoms with E-state index >= 15 is 4.39 Å². The molecule has 1 aliphatic heterocycles. The highest BCUT2D eigenvalue weighted by Gasteiger charge is 2.31. The Morgan fingerprint density at radius 2 is 1.95 bits per heavy atom. The molecule has 1 atom stereocenters. The second kappa shape index (κ2) is 11.0. The number of carboxylic acid groups (broad SMARTS) is 1. The lowest BCUT2D eigenvalue weighted by molar-refractivity contribution is 0.0693. The van der Waals surface area contributed by atoms with E-state index in [2.05, 4.69) is 22.5 Å². The maximum atomic E-state index is 15.4. The summed E-state index contributed by atoms with van der Waals surface area (Å²) in [6.45, 7) is 2.22. The highest BCUT2D eigenvalue weighted by molar-refractivity contribution is 6.23. The standard InChI is InChI=1S/C32H27FN4O5/c1-17-11-12-42-30(17)18-7-9-21-23(13-18)29(27-24(33)5-4-6-25(27)40-2)34-15-19-16-35-32(37-28(19)21)36-20-8-10-22(31(38)39)26(14-20)41-3/h4-6,8-14,16,18H,7,15H2,1-3H3,(H,38,39)(H,35,36,37). The molecule has 0 fully saturated rings. The summed E-state index contributed by atoms with van der Waals surface area (Å²) < 4.78 is 32.0. The van der Waals surface area contributed by atoms with Gasteiger partial charge in [-0.2, -0.15) is 0 Å². The summed E-state index contributed by atoms with van der Waals surface area (Å²) in [6, 6.07) is 11.3. The molecule has 2 aromatic heterocycles. The molecule has 6 rings (SSSR count). The number of hydrogen-bond acceptors (Lipinski definition) is 8. The van der Waals surface area contributed by atoms with Gasteiger partial charge in [0.15, 0.2) is 0 Å². The number of nitrogens with one attached hydrogen (secondary N) is 1. The molecule has 0 saturated heterocycles. The van der Waals surface area contributed by atoms with Crippen LogP contribution in [0, 0.1) is 12.7 Å². The molecular weight excluding hydrogens is 539 g/mol. The Bertz CT molecular complexity index is 1810. The number of fused-ring (bicyclic) bond motifs is 3. The van der Waals surface area contributed by atoms with Gasteiger partial charge in [-0.3, -0.25) is 4.99 Å². The zero-order valence-corrected chi connectivity index (χ0v) is 23.1. The van der Waals surface area contributed by atoms with Crippen molar-refractivity contribution in [1.29, 1.82) is 0 Å². The summed E-state index contributed by atoms with van der Waals surface area (Å²) in [6.07, 6.45) is 8.15. The summed E-state index contributed by atoms with van der Waals surface area (Å²) in [7, 11) is 2.92.